The summed E-state index contributed by atoms with van der Waals surface area (Å²) in [7, 11) is -4.05. The Hall–Kier alpha value is -4.07. The van der Waals surface area contributed by atoms with Crippen molar-refractivity contribution in [2.45, 2.75) is 101 Å². The third kappa shape index (κ3) is 10.1. The van der Waals surface area contributed by atoms with Crippen LogP contribution in [0.15, 0.2) is 76.5 Å². The molecule has 0 aromatic heterocycles. The second kappa shape index (κ2) is 18.1. The molecule has 4 rings (SSSR count). The Labute approximate surface area is 312 Å². The molecule has 0 unspecified atom stereocenters. The first kappa shape index (κ1) is 40.7. The number of benzene rings is 3. The first-order valence-electron chi connectivity index (χ1n) is 17.8. The molecule has 2 amide bonds. The summed E-state index contributed by atoms with van der Waals surface area (Å²) >= 11 is 1.36. The van der Waals surface area contributed by atoms with Gasteiger partial charge in [0, 0.05) is 18.3 Å². The fourth-order valence-electron chi connectivity index (χ4n) is 6.53. The summed E-state index contributed by atoms with van der Waals surface area (Å²) in [5, 5.41) is 15.3. The van der Waals surface area contributed by atoms with E-state index < -0.39 is 46.1 Å². The van der Waals surface area contributed by atoms with Crippen LogP contribution in [0.3, 0.4) is 0 Å². The first-order valence-corrected chi connectivity index (χ1v) is 20.6. The number of phenols is 1. The molecule has 0 saturated heterocycles. The number of ketones is 1. The number of phenolic OH excluding ortho intramolecular Hbond substituents is 1. The Kier molecular flexibility index (Phi) is 14.2. The summed E-state index contributed by atoms with van der Waals surface area (Å²) in [6.45, 7) is 9.12. The molecule has 2 atom stereocenters. The number of para-hydroxylation sites is 1. The molecule has 0 radical (unpaired) electrons. The van der Waals surface area contributed by atoms with Crippen molar-refractivity contribution in [2.24, 2.45) is 5.92 Å². The van der Waals surface area contributed by atoms with Crippen LogP contribution in [-0.2, 0) is 24.4 Å². The van der Waals surface area contributed by atoms with E-state index in [1.807, 2.05) is 50.4 Å². The maximum atomic E-state index is 14.3. The standard InChI is InChI=1S/C39H52N4O7S2/c1-7-9-20-39(21-10-8-2)25-43(29-14-12-11-13-15-29)31-22-33(51-6)32(23-34(31)52(48,49)42-39)50-24-35(46)40-37(28-16-18-30(45)19-17-28)38(47)41-36(26(3)4)27(5)44/h11-19,22-23,26,36-37,42,45H,7-10,20-21,24-25H2,1-6H3,(H,40,46)(H,41,47)/t36-,37+/m0/s1. The number of thioether (sulfide) groups is 1. The van der Waals surface area contributed by atoms with Crippen LogP contribution in [0.2, 0.25) is 0 Å². The molecule has 1 aliphatic rings. The maximum absolute atomic E-state index is 14.3. The number of Topliss-reactive ketones (excluding diaryl/α,β-unsaturated/α-hetero) is 1. The van der Waals surface area contributed by atoms with Gasteiger partial charge in [-0.05, 0) is 67.8 Å². The van der Waals surface area contributed by atoms with Crippen LogP contribution in [0.5, 0.6) is 11.5 Å². The van der Waals surface area contributed by atoms with Crippen LogP contribution in [0.25, 0.3) is 0 Å². The van der Waals surface area contributed by atoms with Crippen molar-refractivity contribution < 1.29 is 32.6 Å². The zero-order chi connectivity index (χ0) is 38.1. The van der Waals surface area contributed by atoms with Crippen molar-refractivity contribution in [3.63, 3.8) is 0 Å². The van der Waals surface area contributed by atoms with E-state index in [1.54, 1.807) is 6.07 Å². The summed E-state index contributed by atoms with van der Waals surface area (Å²) < 4.78 is 37.8. The van der Waals surface area contributed by atoms with Crippen molar-refractivity contribution in [3.8, 4) is 11.5 Å². The predicted octanol–water partition coefficient (Wildman–Crippen LogP) is 6.63. The molecular weight excluding hydrogens is 701 g/mol. The number of nitrogens with zero attached hydrogens (tertiary/aromatic N) is 1. The van der Waals surface area contributed by atoms with Crippen LogP contribution < -0.4 is 25.0 Å². The number of amides is 2. The molecular formula is C39H52N4O7S2. The van der Waals surface area contributed by atoms with Gasteiger partial charge in [0.2, 0.25) is 15.9 Å². The fraction of sp³-hybridized carbons (Fsp3) is 0.462. The van der Waals surface area contributed by atoms with Gasteiger partial charge in [0.1, 0.15) is 22.4 Å². The van der Waals surface area contributed by atoms with Gasteiger partial charge < -0.3 is 25.4 Å². The fourth-order valence-corrected chi connectivity index (χ4v) is 8.73. The van der Waals surface area contributed by atoms with E-state index in [0.29, 0.717) is 35.5 Å². The Bertz CT molecular complexity index is 1790. The highest BCUT2D eigenvalue weighted by Gasteiger charge is 2.42. The number of hydrogen-bond acceptors (Lipinski definition) is 9. The molecule has 0 fully saturated rings. The lowest BCUT2D eigenvalue weighted by Gasteiger charge is -2.37. The second-order valence-electron chi connectivity index (χ2n) is 13.7. The average molecular weight is 753 g/mol. The summed E-state index contributed by atoms with van der Waals surface area (Å²) in [4.78, 5) is 41.9. The number of fused-ring (bicyclic) bond motifs is 1. The Balaban J connectivity index is 1.69. The van der Waals surface area contributed by atoms with Crippen molar-refractivity contribution in [2.75, 3.05) is 24.3 Å². The Morgan fingerprint density at radius 3 is 2.17 bits per heavy atom. The molecule has 1 heterocycles. The molecule has 4 N–H and O–H groups in total. The minimum absolute atomic E-state index is 0.0163. The highest BCUT2D eigenvalue weighted by Crippen LogP contribution is 2.44. The van der Waals surface area contributed by atoms with Gasteiger partial charge in [-0.2, -0.15) is 0 Å². The van der Waals surface area contributed by atoms with Gasteiger partial charge >= 0.3 is 0 Å². The van der Waals surface area contributed by atoms with Crippen molar-refractivity contribution in [3.05, 3.63) is 72.3 Å². The molecule has 52 heavy (non-hydrogen) atoms. The van der Waals surface area contributed by atoms with E-state index in [9.17, 15) is 27.9 Å². The molecule has 11 nitrogen and oxygen atoms in total. The lowest BCUT2D eigenvalue weighted by molar-refractivity contribution is -0.132. The molecule has 282 valence electrons. The van der Waals surface area contributed by atoms with E-state index in [4.69, 9.17) is 4.74 Å². The number of unbranched alkanes of at least 4 members (excludes halogenated alkanes) is 2. The van der Waals surface area contributed by atoms with Gasteiger partial charge in [0.15, 0.2) is 12.4 Å². The van der Waals surface area contributed by atoms with Crippen LogP contribution >= 0.6 is 11.8 Å². The van der Waals surface area contributed by atoms with E-state index in [2.05, 4.69) is 34.1 Å². The number of rotatable bonds is 17. The minimum atomic E-state index is -4.05. The number of hydrogen-bond donors (Lipinski definition) is 4. The smallest absolute Gasteiger partial charge is 0.258 e. The van der Waals surface area contributed by atoms with Gasteiger partial charge in [-0.15, -0.1) is 11.8 Å². The number of aromatic hydroxyl groups is 1. The third-order valence-electron chi connectivity index (χ3n) is 9.28. The molecule has 3 aromatic rings. The highest BCUT2D eigenvalue weighted by atomic mass is 32.2. The summed E-state index contributed by atoms with van der Waals surface area (Å²) in [6, 6.07) is 16.9. The van der Waals surface area contributed by atoms with Crippen LogP contribution in [-0.4, -0.2) is 62.1 Å². The number of carbonyl (C=O) groups excluding carboxylic acids is 3. The minimum Gasteiger partial charge on any atom is -0.508 e. The maximum Gasteiger partial charge on any atom is 0.258 e. The number of anilines is 2. The van der Waals surface area contributed by atoms with Gasteiger partial charge in [-0.25, -0.2) is 13.1 Å². The largest absolute Gasteiger partial charge is 0.508 e. The molecule has 1 aliphatic heterocycles. The topological polar surface area (TPSA) is 154 Å². The van der Waals surface area contributed by atoms with E-state index in [0.717, 1.165) is 31.4 Å². The Morgan fingerprint density at radius 1 is 0.981 bits per heavy atom. The molecule has 3 aromatic carbocycles. The molecule has 0 saturated carbocycles. The summed E-state index contributed by atoms with van der Waals surface area (Å²) in [5.41, 5.74) is 1.06. The normalized spacial score (nSPS) is 15.9. The van der Waals surface area contributed by atoms with E-state index in [-0.39, 0.29) is 28.1 Å². The van der Waals surface area contributed by atoms with Gasteiger partial charge in [-0.3, -0.25) is 14.4 Å². The van der Waals surface area contributed by atoms with Crippen LogP contribution in [0.4, 0.5) is 11.4 Å². The number of ether oxygens (including phenoxy) is 1. The molecule has 0 aliphatic carbocycles. The predicted molar refractivity (Wildman–Crippen MR) is 206 cm³/mol. The van der Waals surface area contributed by atoms with Crippen molar-refractivity contribution in [1.82, 2.24) is 15.4 Å². The van der Waals surface area contributed by atoms with Crippen molar-refractivity contribution >= 4 is 50.8 Å². The number of sulfonamides is 1. The summed E-state index contributed by atoms with van der Waals surface area (Å²) in [6.07, 6.45) is 6.78. The highest BCUT2D eigenvalue weighted by molar-refractivity contribution is 7.98. The Morgan fingerprint density at radius 2 is 1.62 bits per heavy atom. The average Bonchev–Trinajstić information content (AvgIpc) is 3.21. The van der Waals surface area contributed by atoms with Crippen LogP contribution in [0, 0.1) is 5.92 Å². The summed E-state index contributed by atoms with van der Waals surface area (Å²) in [5.74, 6) is -1.47. The number of carbonyl (C=O) groups is 3. The van der Waals surface area contributed by atoms with Gasteiger partial charge in [-0.1, -0.05) is 83.7 Å². The van der Waals surface area contributed by atoms with Crippen LogP contribution in [0.1, 0.15) is 84.7 Å². The SMILES string of the molecule is CCCCC1(CCCC)CN(c2ccccc2)c2cc(SC)c(OCC(=O)N[C@@H](C(=O)N[C@H](C(C)=O)C(C)C)c3ccc(O)cc3)cc2S(=O)(=O)N1. The lowest BCUT2D eigenvalue weighted by Crippen LogP contribution is -2.53. The van der Waals surface area contributed by atoms with E-state index >= 15 is 0 Å². The molecule has 13 heteroatoms. The van der Waals surface area contributed by atoms with Gasteiger partial charge in [0.05, 0.1) is 22.2 Å². The quantitative estimate of drug-likeness (QED) is 0.111. The molecule has 0 spiro atoms. The monoisotopic (exact) mass is 752 g/mol. The first-order chi connectivity index (χ1) is 24.7. The third-order valence-corrected chi connectivity index (χ3v) is 11.6. The zero-order valence-corrected chi connectivity index (χ0v) is 32.5. The molecule has 0 bridgehead atoms. The van der Waals surface area contributed by atoms with E-state index in [1.165, 1.54) is 49.0 Å². The zero-order valence-electron chi connectivity index (χ0n) is 30.9. The van der Waals surface area contributed by atoms with Crippen molar-refractivity contribution in [1.29, 1.82) is 0 Å². The number of nitrogens with one attached hydrogen (secondary N) is 3. The van der Waals surface area contributed by atoms with Gasteiger partial charge in [0.25, 0.3) is 5.91 Å². The lowest BCUT2D eigenvalue weighted by atomic mass is 9.87. The second-order valence-corrected chi connectivity index (χ2v) is 16.2.